The van der Waals surface area contributed by atoms with Crippen molar-refractivity contribution in [2.45, 2.75) is 30.9 Å². The molecule has 0 radical (unpaired) electrons. The Morgan fingerprint density at radius 3 is 2.57 bits per heavy atom. The van der Waals surface area contributed by atoms with Gasteiger partial charge < -0.3 is 10.1 Å². The monoisotopic (exact) mass is 329 g/mol. The van der Waals surface area contributed by atoms with Gasteiger partial charge in [-0.3, -0.25) is 4.79 Å². The fraction of sp³-hybridized carbons (Fsp3) is 0.316. The van der Waals surface area contributed by atoms with Gasteiger partial charge in [-0.15, -0.1) is 11.8 Å². The van der Waals surface area contributed by atoms with E-state index >= 15 is 0 Å². The van der Waals surface area contributed by atoms with E-state index in [9.17, 15) is 4.79 Å². The van der Waals surface area contributed by atoms with Gasteiger partial charge in [-0.2, -0.15) is 0 Å². The maximum Gasteiger partial charge on any atom is 0.233 e. The summed E-state index contributed by atoms with van der Waals surface area (Å²) < 4.78 is 5.63. The highest BCUT2D eigenvalue weighted by atomic mass is 32.2. The topological polar surface area (TPSA) is 38.3 Å². The van der Waals surface area contributed by atoms with Crippen LogP contribution in [0.25, 0.3) is 0 Å². The standard InChI is InChI=1S/C19H23NO2S/c1-14-7-9-18(10-8-14)23-16(3)19(21)20-11-12-22-17-6-4-5-15(2)13-17/h4-10,13,16H,11-12H2,1-3H3,(H,20,21)/t16-/m0/s1. The van der Waals surface area contributed by atoms with Crippen molar-refractivity contribution in [2.75, 3.05) is 13.2 Å². The molecule has 0 fully saturated rings. The predicted molar refractivity (Wildman–Crippen MR) is 96.2 cm³/mol. The molecule has 4 heteroatoms. The lowest BCUT2D eigenvalue weighted by Crippen LogP contribution is -2.33. The molecule has 1 atom stereocenters. The minimum Gasteiger partial charge on any atom is -0.492 e. The normalized spacial score (nSPS) is 11.8. The summed E-state index contributed by atoms with van der Waals surface area (Å²) in [5.74, 6) is 0.866. The second-order valence-corrected chi connectivity index (χ2v) is 6.94. The third-order valence-electron chi connectivity index (χ3n) is 3.36. The zero-order chi connectivity index (χ0) is 16.7. The van der Waals surface area contributed by atoms with Crippen LogP contribution in [-0.4, -0.2) is 24.3 Å². The first-order valence-corrected chi connectivity index (χ1v) is 8.63. The van der Waals surface area contributed by atoms with Crippen LogP contribution >= 0.6 is 11.8 Å². The molecule has 0 aliphatic heterocycles. The maximum atomic E-state index is 12.1. The highest BCUT2D eigenvalue weighted by Gasteiger charge is 2.13. The van der Waals surface area contributed by atoms with Gasteiger partial charge in [0, 0.05) is 4.90 Å². The lowest BCUT2D eigenvalue weighted by atomic mass is 10.2. The van der Waals surface area contributed by atoms with Crippen molar-refractivity contribution in [1.82, 2.24) is 5.32 Å². The summed E-state index contributed by atoms with van der Waals surface area (Å²) in [6, 6.07) is 16.1. The molecule has 1 amide bonds. The van der Waals surface area contributed by atoms with Gasteiger partial charge in [0.15, 0.2) is 0 Å². The zero-order valence-corrected chi connectivity index (χ0v) is 14.7. The van der Waals surface area contributed by atoms with E-state index in [4.69, 9.17) is 4.74 Å². The van der Waals surface area contributed by atoms with E-state index in [1.165, 1.54) is 5.56 Å². The van der Waals surface area contributed by atoms with E-state index in [1.807, 2.05) is 50.2 Å². The first-order valence-electron chi connectivity index (χ1n) is 7.75. The largest absolute Gasteiger partial charge is 0.492 e. The number of aryl methyl sites for hydroxylation is 2. The molecule has 0 aliphatic rings. The molecule has 122 valence electrons. The summed E-state index contributed by atoms with van der Waals surface area (Å²) >= 11 is 1.56. The lowest BCUT2D eigenvalue weighted by molar-refractivity contribution is -0.120. The van der Waals surface area contributed by atoms with Crippen molar-refractivity contribution >= 4 is 17.7 Å². The Labute approximate surface area is 142 Å². The maximum absolute atomic E-state index is 12.1. The van der Waals surface area contributed by atoms with Crippen molar-refractivity contribution in [3.8, 4) is 5.75 Å². The molecule has 2 aromatic rings. The summed E-state index contributed by atoms with van der Waals surface area (Å²) in [4.78, 5) is 13.2. The number of hydrogen-bond donors (Lipinski definition) is 1. The van der Waals surface area contributed by atoms with E-state index in [-0.39, 0.29) is 11.2 Å². The molecule has 0 aromatic heterocycles. The van der Waals surface area contributed by atoms with Crippen molar-refractivity contribution in [1.29, 1.82) is 0 Å². The second-order valence-electron chi connectivity index (χ2n) is 5.53. The summed E-state index contributed by atoms with van der Waals surface area (Å²) in [5.41, 5.74) is 2.38. The highest BCUT2D eigenvalue weighted by Crippen LogP contribution is 2.23. The Kier molecular flexibility index (Phi) is 6.53. The zero-order valence-electron chi connectivity index (χ0n) is 13.8. The van der Waals surface area contributed by atoms with Crippen LogP contribution in [0.2, 0.25) is 0 Å². The van der Waals surface area contributed by atoms with Crippen LogP contribution in [0, 0.1) is 13.8 Å². The van der Waals surface area contributed by atoms with Crippen LogP contribution in [0.15, 0.2) is 53.4 Å². The van der Waals surface area contributed by atoms with E-state index in [0.29, 0.717) is 13.2 Å². The molecular formula is C19H23NO2S. The Hall–Kier alpha value is -1.94. The number of amides is 1. The quantitative estimate of drug-likeness (QED) is 0.617. The van der Waals surface area contributed by atoms with Crippen molar-refractivity contribution in [3.63, 3.8) is 0 Å². The van der Waals surface area contributed by atoms with E-state index in [2.05, 4.69) is 24.4 Å². The number of carbonyl (C=O) groups is 1. The molecule has 0 bridgehead atoms. The SMILES string of the molecule is Cc1ccc(S[C@@H](C)C(=O)NCCOc2cccc(C)c2)cc1. The van der Waals surface area contributed by atoms with Crippen molar-refractivity contribution < 1.29 is 9.53 Å². The van der Waals surface area contributed by atoms with E-state index in [0.717, 1.165) is 16.2 Å². The van der Waals surface area contributed by atoms with Gasteiger partial charge in [0.1, 0.15) is 12.4 Å². The number of nitrogens with one attached hydrogen (secondary N) is 1. The summed E-state index contributed by atoms with van der Waals surface area (Å²) in [6.45, 7) is 6.97. The molecule has 2 rings (SSSR count). The molecule has 0 heterocycles. The predicted octanol–water partition coefficient (Wildman–Crippen LogP) is 3.98. The molecule has 0 saturated heterocycles. The third-order valence-corrected chi connectivity index (χ3v) is 4.47. The van der Waals surface area contributed by atoms with Gasteiger partial charge in [0.2, 0.25) is 5.91 Å². The fourth-order valence-corrected chi connectivity index (χ4v) is 2.96. The second kappa shape index (κ2) is 8.63. The van der Waals surface area contributed by atoms with Gasteiger partial charge in [-0.05, 0) is 50.6 Å². The van der Waals surface area contributed by atoms with Crippen LogP contribution in [0.5, 0.6) is 5.75 Å². The summed E-state index contributed by atoms with van der Waals surface area (Å²) in [7, 11) is 0. The molecule has 3 nitrogen and oxygen atoms in total. The first kappa shape index (κ1) is 17.4. The van der Waals surface area contributed by atoms with Crippen LogP contribution in [0.3, 0.4) is 0 Å². The Morgan fingerprint density at radius 2 is 1.87 bits per heavy atom. The Bertz CT molecular complexity index is 640. The number of hydrogen-bond acceptors (Lipinski definition) is 3. The Morgan fingerprint density at radius 1 is 1.13 bits per heavy atom. The first-order chi connectivity index (χ1) is 11.0. The smallest absolute Gasteiger partial charge is 0.233 e. The van der Waals surface area contributed by atoms with Gasteiger partial charge in [-0.25, -0.2) is 0 Å². The van der Waals surface area contributed by atoms with E-state index in [1.54, 1.807) is 11.8 Å². The van der Waals surface area contributed by atoms with Crippen molar-refractivity contribution in [2.24, 2.45) is 0 Å². The highest BCUT2D eigenvalue weighted by molar-refractivity contribution is 8.00. The molecule has 0 saturated carbocycles. The number of rotatable bonds is 7. The average Bonchev–Trinajstić information content (AvgIpc) is 2.53. The molecule has 2 aromatic carbocycles. The van der Waals surface area contributed by atoms with Gasteiger partial charge >= 0.3 is 0 Å². The number of benzene rings is 2. The van der Waals surface area contributed by atoms with Crippen LogP contribution in [0.4, 0.5) is 0 Å². The minimum absolute atomic E-state index is 0.0309. The average molecular weight is 329 g/mol. The molecular weight excluding hydrogens is 306 g/mol. The van der Waals surface area contributed by atoms with Gasteiger partial charge in [-0.1, -0.05) is 29.8 Å². The summed E-state index contributed by atoms with van der Waals surface area (Å²) in [5, 5.41) is 2.79. The Balaban J connectivity index is 1.70. The van der Waals surface area contributed by atoms with E-state index < -0.39 is 0 Å². The lowest BCUT2D eigenvalue weighted by Gasteiger charge is -2.13. The number of thioether (sulfide) groups is 1. The molecule has 23 heavy (non-hydrogen) atoms. The van der Waals surface area contributed by atoms with Crippen LogP contribution in [0.1, 0.15) is 18.1 Å². The molecule has 0 unspecified atom stereocenters. The molecule has 0 aliphatic carbocycles. The van der Waals surface area contributed by atoms with Crippen LogP contribution in [-0.2, 0) is 4.79 Å². The van der Waals surface area contributed by atoms with Gasteiger partial charge in [0.25, 0.3) is 0 Å². The van der Waals surface area contributed by atoms with Gasteiger partial charge in [0.05, 0.1) is 11.8 Å². The number of carbonyl (C=O) groups excluding carboxylic acids is 1. The fourth-order valence-electron chi connectivity index (χ4n) is 2.07. The third kappa shape index (κ3) is 5.99. The molecule has 0 spiro atoms. The van der Waals surface area contributed by atoms with Crippen molar-refractivity contribution in [3.05, 3.63) is 59.7 Å². The number of ether oxygens (including phenoxy) is 1. The summed E-state index contributed by atoms with van der Waals surface area (Å²) in [6.07, 6.45) is 0. The minimum atomic E-state index is -0.128. The van der Waals surface area contributed by atoms with Crippen LogP contribution < -0.4 is 10.1 Å². The molecule has 1 N–H and O–H groups in total.